The Morgan fingerprint density at radius 3 is 2.82 bits per heavy atom. The van der Waals surface area contributed by atoms with Crippen molar-refractivity contribution in [3.63, 3.8) is 0 Å². The van der Waals surface area contributed by atoms with Crippen molar-refractivity contribution in [1.82, 2.24) is 10.5 Å². The van der Waals surface area contributed by atoms with Crippen LogP contribution < -0.4 is 5.32 Å². The van der Waals surface area contributed by atoms with E-state index in [0.717, 1.165) is 37.8 Å². The first-order chi connectivity index (χ1) is 8.30. The van der Waals surface area contributed by atoms with Crippen LogP contribution in [0.4, 0.5) is 0 Å². The summed E-state index contributed by atoms with van der Waals surface area (Å²) in [6.45, 7) is 2.46. The Balaban J connectivity index is 1.59. The highest BCUT2D eigenvalue weighted by Crippen LogP contribution is 2.30. The molecule has 0 bridgehead atoms. The standard InChI is InChI=1S/C12H18N2O3/c15-6-11-3-10(14-17-11)4-12(7-16-8-12)13-5-9-1-2-9/h3,9,13,15H,1-2,4-8H2. The molecule has 0 radical (unpaired) electrons. The predicted octanol–water partition coefficient (Wildman–Crippen LogP) is 0.478. The number of aliphatic hydroxyl groups is 1. The van der Waals surface area contributed by atoms with Crippen molar-refractivity contribution in [2.45, 2.75) is 31.4 Å². The Bertz CT molecular complexity index is 383. The van der Waals surface area contributed by atoms with Crippen LogP contribution in [-0.2, 0) is 17.8 Å². The van der Waals surface area contributed by atoms with Gasteiger partial charge >= 0.3 is 0 Å². The molecular weight excluding hydrogens is 220 g/mol. The van der Waals surface area contributed by atoms with E-state index < -0.39 is 0 Å². The number of rotatable bonds is 6. The maximum atomic E-state index is 8.93. The van der Waals surface area contributed by atoms with Crippen LogP contribution in [-0.4, -0.2) is 35.6 Å². The Kier molecular flexibility index (Phi) is 2.90. The number of nitrogens with zero attached hydrogens (tertiary/aromatic N) is 1. The molecule has 2 aliphatic rings. The van der Waals surface area contributed by atoms with Crippen LogP contribution in [0, 0.1) is 5.92 Å². The molecule has 1 aliphatic carbocycles. The summed E-state index contributed by atoms with van der Waals surface area (Å²) in [7, 11) is 0. The maximum Gasteiger partial charge on any atom is 0.162 e. The molecule has 1 aromatic rings. The second-order valence-corrected chi connectivity index (χ2v) is 5.22. The first-order valence-corrected chi connectivity index (χ1v) is 6.18. The van der Waals surface area contributed by atoms with Gasteiger partial charge in [-0.2, -0.15) is 0 Å². The van der Waals surface area contributed by atoms with Gasteiger partial charge in [0.25, 0.3) is 0 Å². The highest BCUT2D eigenvalue weighted by Gasteiger charge is 2.40. The smallest absolute Gasteiger partial charge is 0.162 e. The minimum atomic E-state index is -0.0913. The normalized spacial score (nSPS) is 22.4. The van der Waals surface area contributed by atoms with Crippen LogP contribution >= 0.6 is 0 Å². The van der Waals surface area contributed by atoms with E-state index in [1.165, 1.54) is 12.8 Å². The Labute approximate surface area is 100 Å². The molecule has 0 aromatic carbocycles. The molecule has 0 atom stereocenters. The quantitative estimate of drug-likeness (QED) is 0.754. The van der Waals surface area contributed by atoms with Crippen molar-refractivity contribution in [3.05, 3.63) is 17.5 Å². The molecule has 1 aromatic heterocycles. The highest BCUT2D eigenvalue weighted by atomic mass is 16.5. The molecule has 5 nitrogen and oxygen atoms in total. The van der Waals surface area contributed by atoms with Crippen molar-refractivity contribution >= 4 is 0 Å². The van der Waals surface area contributed by atoms with Crippen LogP contribution in [0.2, 0.25) is 0 Å². The molecular formula is C12H18N2O3. The van der Waals surface area contributed by atoms with E-state index in [4.69, 9.17) is 14.4 Å². The van der Waals surface area contributed by atoms with Gasteiger partial charge in [0.1, 0.15) is 6.61 Å². The van der Waals surface area contributed by atoms with E-state index in [-0.39, 0.29) is 12.1 Å². The van der Waals surface area contributed by atoms with Gasteiger partial charge in [-0.3, -0.25) is 0 Å². The van der Waals surface area contributed by atoms with E-state index in [9.17, 15) is 0 Å². The van der Waals surface area contributed by atoms with Gasteiger partial charge in [-0.25, -0.2) is 0 Å². The Morgan fingerprint density at radius 2 is 2.29 bits per heavy atom. The van der Waals surface area contributed by atoms with E-state index in [1.54, 1.807) is 0 Å². The number of hydrogen-bond donors (Lipinski definition) is 2. The lowest BCUT2D eigenvalue weighted by molar-refractivity contribution is -0.0748. The first kappa shape index (κ1) is 11.2. The summed E-state index contributed by atoms with van der Waals surface area (Å²) < 4.78 is 10.3. The third kappa shape index (κ3) is 2.51. The summed E-state index contributed by atoms with van der Waals surface area (Å²) in [5.41, 5.74) is 0.923. The summed E-state index contributed by atoms with van der Waals surface area (Å²) >= 11 is 0. The third-order valence-electron chi connectivity index (χ3n) is 3.50. The summed E-state index contributed by atoms with van der Waals surface area (Å²) in [5, 5.41) is 16.5. The van der Waals surface area contributed by atoms with Crippen LogP contribution in [0.1, 0.15) is 24.3 Å². The molecule has 94 valence electrons. The number of hydrogen-bond acceptors (Lipinski definition) is 5. The summed E-state index contributed by atoms with van der Waals surface area (Å²) in [6.07, 6.45) is 3.51. The van der Waals surface area contributed by atoms with Crippen molar-refractivity contribution in [2.24, 2.45) is 5.92 Å². The van der Waals surface area contributed by atoms with Crippen LogP contribution in [0.3, 0.4) is 0 Å². The summed E-state index contributed by atoms with van der Waals surface area (Å²) in [5.74, 6) is 1.38. The molecule has 5 heteroatoms. The molecule has 2 N–H and O–H groups in total. The van der Waals surface area contributed by atoms with E-state index >= 15 is 0 Å². The van der Waals surface area contributed by atoms with Crippen molar-refractivity contribution in [2.75, 3.05) is 19.8 Å². The predicted molar refractivity (Wildman–Crippen MR) is 60.4 cm³/mol. The maximum absolute atomic E-state index is 8.93. The Hall–Kier alpha value is -0.910. The monoisotopic (exact) mass is 238 g/mol. The fraction of sp³-hybridized carbons (Fsp3) is 0.750. The number of ether oxygens (including phenoxy) is 1. The zero-order chi connectivity index (χ0) is 11.7. The molecule has 2 fully saturated rings. The second-order valence-electron chi connectivity index (χ2n) is 5.22. The largest absolute Gasteiger partial charge is 0.388 e. The zero-order valence-electron chi connectivity index (χ0n) is 9.82. The van der Waals surface area contributed by atoms with E-state index in [1.807, 2.05) is 6.07 Å². The van der Waals surface area contributed by atoms with Gasteiger partial charge in [0, 0.05) is 12.5 Å². The minimum absolute atomic E-state index is 0.0339. The molecule has 3 rings (SSSR count). The number of aromatic nitrogens is 1. The molecule has 2 heterocycles. The van der Waals surface area contributed by atoms with Gasteiger partial charge in [-0.15, -0.1) is 0 Å². The fourth-order valence-corrected chi connectivity index (χ4v) is 2.16. The average molecular weight is 238 g/mol. The zero-order valence-corrected chi connectivity index (χ0v) is 9.82. The second kappa shape index (κ2) is 4.40. The topological polar surface area (TPSA) is 67.5 Å². The van der Waals surface area contributed by atoms with E-state index in [2.05, 4.69) is 10.5 Å². The number of aliphatic hydroxyl groups excluding tert-OH is 1. The Morgan fingerprint density at radius 1 is 1.47 bits per heavy atom. The van der Waals surface area contributed by atoms with Crippen molar-refractivity contribution in [1.29, 1.82) is 0 Å². The van der Waals surface area contributed by atoms with Crippen molar-refractivity contribution < 1.29 is 14.4 Å². The summed E-state index contributed by atoms with van der Waals surface area (Å²) in [6, 6.07) is 1.82. The number of nitrogens with one attached hydrogen (secondary N) is 1. The lowest BCUT2D eigenvalue weighted by atomic mass is 9.91. The molecule has 1 saturated heterocycles. The van der Waals surface area contributed by atoms with Gasteiger partial charge < -0.3 is 19.7 Å². The lowest BCUT2D eigenvalue weighted by Gasteiger charge is -2.42. The SMILES string of the molecule is OCc1cc(CC2(NCC3CC3)COC2)no1. The fourth-order valence-electron chi connectivity index (χ4n) is 2.16. The molecule has 17 heavy (non-hydrogen) atoms. The van der Waals surface area contributed by atoms with Crippen LogP contribution in [0.5, 0.6) is 0 Å². The molecule has 1 aliphatic heterocycles. The molecule has 0 amide bonds. The minimum Gasteiger partial charge on any atom is -0.388 e. The average Bonchev–Trinajstić information content (AvgIpc) is 3.01. The molecule has 0 spiro atoms. The van der Waals surface area contributed by atoms with Gasteiger partial charge in [-0.05, 0) is 25.3 Å². The van der Waals surface area contributed by atoms with Gasteiger partial charge in [-0.1, -0.05) is 5.16 Å². The highest BCUT2D eigenvalue weighted by molar-refractivity contribution is 5.12. The first-order valence-electron chi connectivity index (χ1n) is 6.18. The third-order valence-corrected chi connectivity index (χ3v) is 3.50. The van der Waals surface area contributed by atoms with Gasteiger partial charge in [0.15, 0.2) is 5.76 Å². The van der Waals surface area contributed by atoms with Gasteiger partial charge in [0.05, 0.1) is 24.4 Å². The van der Waals surface area contributed by atoms with Crippen LogP contribution in [0.25, 0.3) is 0 Å². The van der Waals surface area contributed by atoms with Crippen LogP contribution in [0.15, 0.2) is 10.6 Å². The molecule has 1 saturated carbocycles. The lowest BCUT2D eigenvalue weighted by Crippen LogP contribution is -2.62. The summed E-state index contributed by atoms with van der Waals surface area (Å²) in [4.78, 5) is 0. The van der Waals surface area contributed by atoms with Crippen molar-refractivity contribution in [3.8, 4) is 0 Å². The molecule has 0 unspecified atom stereocenters. The van der Waals surface area contributed by atoms with E-state index in [0.29, 0.717) is 5.76 Å². The van der Waals surface area contributed by atoms with Gasteiger partial charge in [0.2, 0.25) is 0 Å².